The van der Waals surface area contributed by atoms with Gasteiger partial charge in [-0.25, -0.2) is 0 Å². The average Bonchev–Trinajstić information content (AvgIpc) is 2.22. The minimum atomic E-state index is 0.227. The second-order valence-electron chi connectivity index (χ2n) is 6.36. The van der Waals surface area contributed by atoms with Crippen molar-refractivity contribution in [2.24, 2.45) is 0 Å². The minimum Gasteiger partial charge on any atom is -0.307 e. The number of hydrogen-bond acceptors (Lipinski definition) is 2. The van der Waals surface area contributed by atoms with Crippen LogP contribution in [0.25, 0.3) is 0 Å². The Morgan fingerprint density at radius 3 is 2.00 bits per heavy atom. The molecule has 0 amide bonds. The average molecular weight is 248 g/mol. The zero-order valence-corrected chi connectivity index (χ0v) is 13.0. The Hall–Kier alpha value is -0.860. The van der Waals surface area contributed by atoms with Crippen molar-refractivity contribution in [2.75, 3.05) is 20.8 Å². The Labute approximate surface area is 112 Å². The Bertz CT molecular complexity index is 379. The zero-order chi connectivity index (χ0) is 13.9. The van der Waals surface area contributed by atoms with Gasteiger partial charge in [-0.05, 0) is 55.6 Å². The molecule has 0 aliphatic heterocycles. The largest absolute Gasteiger partial charge is 0.307 e. The van der Waals surface area contributed by atoms with Crippen LogP contribution in [0.15, 0.2) is 12.1 Å². The lowest BCUT2D eigenvalue weighted by Crippen LogP contribution is -2.28. The predicted molar refractivity (Wildman–Crippen MR) is 80.0 cm³/mol. The van der Waals surface area contributed by atoms with Crippen LogP contribution in [0.2, 0.25) is 0 Å². The monoisotopic (exact) mass is 248 g/mol. The summed E-state index contributed by atoms with van der Waals surface area (Å²) >= 11 is 0. The van der Waals surface area contributed by atoms with Gasteiger partial charge in [0, 0.05) is 13.2 Å². The fourth-order valence-electron chi connectivity index (χ4n) is 2.27. The summed E-state index contributed by atoms with van der Waals surface area (Å²) < 4.78 is 0. The van der Waals surface area contributed by atoms with Crippen LogP contribution in [-0.4, -0.2) is 25.7 Å². The maximum atomic E-state index is 3.19. The van der Waals surface area contributed by atoms with E-state index in [4.69, 9.17) is 0 Å². The van der Waals surface area contributed by atoms with E-state index in [1.165, 1.54) is 22.3 Å². The van der Waals surface area contributed by atoms with E-state index >= 15 is 0 Å². The van der Waals surface area contributed by atoms with Crippen molar-refractivity contribution >= 4 is 0 Å². The molecule has 0 saturated heterocycles. The highest BCUT2D eigenvalue weighted by Gasteiger charge is 2.16. The van der Waals surface area contributed by atoms with Gasteiger partial charge in [-0.15, -0.1) is 0 Å². The zero-order valence-electron chi connectivity index (χ0n) is 13.0. The van der Waals surface area contributed by atoms with Gasteiger partial charge in [0.25, 0.3) is 0 Å². The van der Waals surface area contributed by atoms with Crippen LogP contribution in [0.5, 0.6) is 0 Å². The van der Waals surface area contributed by atoms with Gasteiger partial charge in [0.2, 0.25) is 0 Å². The van der Waals surface area contributed by atoms with Gasteiger partial charge in [-0.2, -0.15) is 0 Å². The van der Waals surface area contributed by atoms with Gasteiger partial charge in [0.05, 0.1) is 0 Å². The van der Waals surface area contributed by atoms with Crippen LogP contribution in [-0.2, 0) is 12.0 Å². The maximum absolute atomic E-state index is 3.19. The number of nitrogens with one attached hydrogen (secondary N) is 1. The second kappa shape index (κ2) is 5.85. The van der Waals surface area contributed by atoms with Crippen LogP contribution in [0.4, 0.5) is 0 Å². The molecule has 2 nitrogen and oxygen atoms in total. The lowest BCUT2D eigenvalue weighted by atomic mass is 9.84. The van der Waals surface area contributed by atoms with E-state index in [9.17, 15) is 0 Å². The number of aryl methyl sites for hydroxylation is 2. The highest BCUT2D eigenvalue weighted by atomic mass is 15.2. The molecule has 0 spiro atoms. The first-order valence-corrected chi connectivity index (χ1v) is 6.69. The highest BCUT2D eigenvalue weighted by molar-refractivity contribution is 5.40. The van der Waals surface area contributed by atoms with E-state index in [-0.39, 0.29) is 5.41 Å². The smallest absolute Gasteiger partial charge is 0.0478 e. The normalized spacial score (nSPS) is 12.2. The molecule has 0 radical (unpaired) electrons. The first kappa shape index (κ1) is 15.2. The Morgan fingerprint density at radius 2 is 1.61 bits per heavy atom. The molecule has 2 heteroatoms. The van der Waals surface area contributed by atoms with Crippen molar-refractivity contribution in [3.8, 4) is 0 Å². The molecule has 18 heavy (non-hydrogen) atoms. The van der Waals surface area contributed by atoms with Gasteiger partial charge >= 0.3 is 0 Å². The summed E-state index contributed by atoms with van der Waals surface area (Å²) in [4.78, 5) is 2.30. The number of nitrogens with zero attached hydrogens (tertiary/aromatic N) is 1. The van der Waals surface area contributed by atoms with Gasteiger partial charge in [0.15, 0.2) is 0 Å². The van der Waals surface area contributed by atoms with Crippen molar-refractivity contribution < 1.29 is 0 Å². The summed E-state index contributed by atoms with van der Waals surface area (Å²) in [6, 6.07) is 4.69. The molecule has 0 aliphatic rings. The summed E-state index contributed by atoms with van der Waals surface area (Å²) in [5.41, 5.74) is 5.93. The molecule has 0 saturated carbocycles. The molecule has 0 aliphatic carbocycles. The van der Waals surface area contributed by atoms with Gasteiger partial charge < -0.3 is 5.32 Å². The molecule has 0 fully saturated rings. The third kappa shape index (κ3) is 3.82. The van der Waals surface area contributed by atoms with Gasteiger partial charge in [0.1, 0.15) is 0 Å². The molecule has 0 bridgehead atoms. The molecular formula is C16H28N2. The Morgan fingerprint density at radius 1 is 1.11 bits per heavy atom. The molecule has 0 aromatic heterocycles. The molecular weight excluding hydrogens is 220 g/mol. The van der Waals surface area contributed by atoms with E-state index < -0.39 is 0 Å². The molecule has 1 N–H and O–H groups in total. The summed E-state index contributed by atoms with van der Waals surface area (Å²) in [6.07, 6.45) is 0. The summed E-state index contributed by atoms with van der Waals surface area (Å²) in [6.45, 7) is 13.2. The molecule has 0 atom stereocenters. The van der Waals surface area contributed by atoms with Crippen molar-refractivity contribution in [3.63, 3.8) is 0 Å². The summed E-state index contributed by atoms with van der Waals surface area (Å²) in [5.74, 6) is 0. The van der Waals surface area contributed by atoms with Crippen molar-refractivity contribution in [2.45, 2.75) is 46.6 Å². The van der Waals surface area contributed by atoms with Crippen LogP contribution in [0.1, 0.15) is 43.0 Å². The molecule has 0 heterocycles. The molecule has 1 aromatic rings. The molecule has 1 aromatic carbocycles. The third-order valence-electron chi connectivity index (χ3n) is 3.42. The van der Waals surface area contributed by atoms with Gasteiger partial charge in [-0.3, -0.25) is 4.90 Å². The first-order chi connectivity index (χ1) is 8.25. The quantitative estimate of drug-likeness (QED) is 0.823. The summed E-state index contributed by atoms with van der Waals surface area (Å²) in [5, 5.41) is 3.19. The third-order valence-corrected chi connectivity index (χ3v) is 3.42. The fraction of sp³-hybridized carbons (Fsp3) is 0.625. The van der Waals surface area contributed by atoms with E-state index in [1.54, 1.807) is 0 Å². The van der Waals surface area contributed by atoms with E-state index in [0.29, 0.717) is 0 Å². The van der Waals surface area contributed by atoms with E-state index in [0.717, 1.165) is 13.2 Å². The van der Waals surface area contributed by atoms with E-state index in [1.807, 2.05) is 7.05 Å². The van der Waals surface area contributed by atoms with Crippen LogP contribution >= 0.6 is 0 Å². The van der Waals surface area contributed by atoms with Crippen molar-refractivity contribution in [1.82, 2.24) is 10.2 Å². The number of rotatable bonds is 4. The van der Waals surface area contributed by atoms with E-state index in [2.05, 4.69) is 64.0 Å². The molecule has 102 valence electrons. The lowest BCUT2D eigenvalue weighted by molar-refractivity contribution is 0.308. The summed E-state index contributed by atoms with van der Waals surface area (Å²) in [7, 11) is 4.13. The van der Waals surface area contributed by atoms with Crippen molar-refractivity contribution in [3.05, 3.63) is 34.4 Å². The minimum absolute atomic E-state index is 0.227. The van der Waals surface area contributed by atoms with Crippen LogP contribution in [0.3, 0.4) is 0 Å². The Kier molecular flexibility index (Phi) is 4.94. The molecule has 0 unspecified atom stereocenters. The number of benzene rings is 1. The predicted octanol–water partition coefficient (Wildman–Crippen LogP) is 3.21. The van der Waals surface area contributed by atoms with Gasteiger partial charge in [-0.1, -0.05) is 32.9 Å². The SMILES string of the molecule is CNCN(C)Cc1c(C)cc(C(C)(C)C)cc1C. The molecule has 1 rings (SSSR count). The highest BCUT2D eigenvalue weighted by Crippen LogP contribution is 2.27. The van der Waals surface area contributed by atoms with Crippen LogP contribution in [0, 0.1) is 13.8 Å². The lowest BCUT2D eigenvalue weighted by Gasteiger charge is -2.24. The van der Waals surface area contributed by atoms with Crippen molar-refractivity contribution in [1.29, 1.82) is 0 Å². The number of hydrogen-bond donors (Lipinski definition) is 1. The maximum Gasteiger partial charge on any atom is 0.0478 e. The fourth-order valence-corrected chi connectivity index (χ4v) is 2.27. The Balaban J connectivity index is 3.02. The standard InChI is InChI=1S/C16H28N2/c1-12-8-14(16(3,4)5)9-13(2)15(12)10-18(7)11-17-6/h8-9,17H,10-11H2,1-7H3. The van der Waals surface area contributed by atoms with Crippen LogP contribution < -0.4 is 5.32 Å². The first-order valence-electron chi connectivity index (χ1n) is 6.69. The topological polar surface area (TPSA) is 15.3 Å². The second-order valence-corrected chi connectivity index (χ2v) is 6.36.